The van der Waals surface area contributed by atoms with Gasteiger partial charge in [0, 0.05) is 12.8 Å². The third-order valence-electron chi connectivity index (χ3n) is 7.67. The number of ether oxygens (including phenoxy) is 2. The SMILES string of the molecule is CCCCCCCCCCCCCCCCC(=O)OC(COC(=O)CCC)COP(=O)(O)OC1C(O)C(O)C(O)C(O)C1O. The zero-order chi connectivity index (χ0) is 33.0. The number of hydrogen-bond donors (Lipinski definition) is 6. The average molecular weight is 657 g/mol. The molecule has 0 aromatic rings. The summed E-state index contributed by atoms with van der Waals surface area (Å²) in [7, 11) is -5.07. The van der Waals surface area contributed by atoms with E-state index in [1.54, 1.807) is 6.92 Å². The fourth-order valence-corrected chi connectivity index (χ4v) is 5.94. The van der Waals surface area contributed by atoms with Gasteiger partial charge in [-0.15, -0.1) is 0 Å². The highest BCUT2D eigenvalue weighted by Gasteiger charge is 2.51. The molecule has 0 radical (unpaired) electrons. The summed E-state index contributed by atoms with van der Waals surface area (Å²) in [6.45, 7) is 2.83. The van der Waals surface area contributed by atoms with Crippen molar-refractivity contribution in [3.63, 3.8) is 0 Å². The number of phosphoric ester groups is 1. The van der Waals surface area contributed by atoms with Crippen LogP contribution in [0.1, 0.15) is 123 Å². The third-order valence-corrected chi connectivity index (χ3v) is 8.65. The Balaban J connectivity index is 2.43. The Bertz CT molecular complexity index is 813. The quantitative estimate of drug-likeness (QED) is 0.0473. The molecule has 1 saturated carbocycles. The van der Waals surface area contributed by atoms with Crippen LogP contribution in [0.5, 0.6) is 0 Å². The monoisotopic (exact) mass is 656 g/mol. The van der Waals surface area contributed by atoms with E-state index in [1.165, 1.54) is 64.2 Å². The number of carbonyl (C=O) groups excluding carboxylic acids is 2. The van der Waals surface area contributed by atoms with E-state index in [1.807, 2.05) is 0 Å². The van der Waals surface area contributed by atoms with E-state index >= 15 is 0 Å². The smallest absolute Gasteiger partial charge is 0.462 e. The number of phosphoric acid groups is 1. The number of carbonyl (C=O) groups is 2. The Morgan fingerprint density at radius 2 is 1.07 bits per heavy atom. The van der Waals surface area contributed by atoms with E-state index in [0.717, 1.165) is 19.3 Å². The summed E-state index contributed by atoms with van der Waals surface area (Å²) in [4.78, 5) is 34.4. The Morgan fingerprint density at radius 1 is 0.614 bits per heavy atom. The highest BCUT2D eigenvalue weighted by atomic mass is 31.2. The van der Waals surface area contributed by atoms with Gasteiger partial charge in [0.1, 0.15) is 43.2 Å². The molecular formula is C30H57O13P. The van der Waals surface area contributed by atoms with Gasteiger partial charge >= 0.3 is 19.8 Å². The molecular weight excluding hydrogens is 599 g/mol. The van der Waals surface area contributed by atoms with E-state index in [2.05, 4.69) is 6.92 Å². The summed E-state index contributed by atoms with van der Waals surface area (Å²) in [5.74, 6) is -1.16. The molecule has 260 valence electrons. The van der Waals surface area contributed by atoms with Crippen LogP contribution in [0.25, 0.3) is 0 Å². The lowest BCUT2D eigenvalue weighted by atomic mass is 9.85. The van der Waals surface area contributed by atoms with E-state index < -0.39 is 75.7 Å². The van der Waals surface area contributed by atoms with E-state index in [0.29, 0.717) is 12.8 Å². The van der Waals surface area contributed by atoms with Crippen LogP contribution in [-0.2, 0) is 32.7 Å². The minimum Gasteiger partial charge on any atom is -0.462 e. The van der Waals surface area contributed by atoms with E-state index in [4.69, 9.17) is 18.5 Å². The number of hydrogen-bond acceptors (Lipinski definition) is 12. The van der Waals surface area contributed by atoms with Gasteiger partial charge in [-0.05, 0) is 12.8 Å². The molecule has 0 aromatic heterocycles. The maximum atomic E-state index is 12.5. The molecule has 13 nitrogen and oxygen atoms in total. The highest BCUT2D eigenvalue weighted by molar-refractivity contribution is 7.47. The van der Waals surface area contributed by atoms with Crippen LogP contribution < -0.4 is 0 Å². The minimum absolute atomic E-state index is 0.100. The molecule has 44 heavy (non-hydrogen) atoms. The first-order valence-electron chi connectivity index (χ1n) is 16.3. The molecule has 1 aliphatic carbocycles. The Morgan fingerprint density at radius 3 is 1.55 bits per heavy atom. The largest absolute Gasteiger partial charge is 0.472 e. The lowest BCUT2D eigenvalue weighted by molar-refractivity contribution is -0.220. The zero-order valence-corrected chi connectivity index (χ0v) is 27.4. The fourth-order valence-electron chi connectivity index (χ4n) is 4.97. The van der Waals surface area contributed by atoms with Crippen LogP contribution in [0.4, 0.5) is 0 Å². The fraction of sp³-hybridized carbons (Fsp3) is 0.933. The van der Waals surface area contributed by atoms with Gasteiger partial charge in [0.05, 0.1) is 6.61 Å². The molecule has 0 amide bonds. The zero-order valence-electron chi connectivity index (χ0n) is 26.5. The lowest BCUT2D eigenvalue weighted by Gasteiger charge is -2.41. The van der Waals surface area contributed by atoms with Gasteiger partial charge in [0.2, 0.25) is 0 Å². The van der Waals surface area contributed by atoms with Crippen LogP contribution in [0.3, 0.4) is 0 Å². The number of esters is 2. The van der Waals surface area contributed by atoms with Crippen molar-refractivity contribution in [1.29, 1.82) is 0 Å². The van der Waals surface area contributed by atoms with Crippen LogP contribution >= 0.6 is 7.82 Å². The van der Waals surface area contributed by atoms with E-state index in [9.17, 15) is 44.6 Å². The molecule has 0 aliphatic heterocycles. The van der Waals surface area contributed by atoms with Crippen molar-refractivity contribution in [2.75, 3.05) is 13.2 Å². The number of aliphatic hydroxyl groups is 5. The second-order valence-corrected chi connectivity index (χ2v) is 13.1. The van der Waals surface area contributed by atoms with Gasteiger partial charge in [0.15, 0.2) is 6.10 Å². The van der Waals surface area contributed by atoms with Gasteiger partial charge < -0.3 is 39.9 Å². The molecule has 6 unspecified atom stereocenters. The first kappa shape index (κ1) is 40.9. The van der Waals surface area contributed by atoms with E-state index in [-0.39, 0.29) is 12.8 Å². The molecule has 6 N–H and O–H groups in total. The van der Waals surface area contributed by atoms with Crippen molar-refractivity contribution < 1.29 is 63.1 Å². The molecule has 1 fully saturated rings. The standard InChI is InChI=1S/C30H57O13P/c1-3-5-6-7-8-9-10-11-12-13-14-15-16-17-19-24(32)42-22(20-40-23(31)18-4-2)21-41-44(38,39)43-30-28(36)26(34)25(33)27(35)29(30)37/h22,25-30,33-37H,3-21H2,1-2H3,(H,38,39). The topological polar surface area (TPSA) is 210 Å². The van der Waals surface area contributed by atoms with Crippen molar-refractivity contribution in [3.8, 4) is 0 Å². The summed E-state index contributed by atoms with van der Waals surface area (Å²) in [6, 6.07) is 0. The number of aliphatic hydroxyl groups excluding tert-OH is 5. The first-order chi connectivity index (χ1) is 20.9. The summed E-state index contributed by atoms with van der Waals surface area (Å²) >= 11 is 0. The van der Waals surface area contributed by atoms with Gasteiger partial charge in [0.25, 0.3) is 0 Å². The molecule has 6 atom stereocenters. The molecule has 0 spiro atoms. The molecule has 14 heteroatoms. The molecule has 0 bridgehead atoms. The maximum Gasteiger partial charge on any atom is 0.472 e. The third kappa shape index (κ3) is 17.0. The van der Waals surface area contributed by atoms with Crippen LogP contribution in [0, 0.1) is 0 Å². The van der Waals surface area contributed by atoms with Gasteiger partial charge in [-0.1, -0.05) is 97.3 Å². The summed E-state index contributed by atoms with van der Waals surface area (Å²) in [6.07, 6.45) is 3.97. The Labute approximate surface area is 261 Å². The highest BCUT2D eigenvalue weighted by Crippen LogP contribution is 2.47. The second kappa shape index (κ2) is 23.2. The molecule has 0 heterocycles. The van der Waals surface area contributed by atoms with Crippen molar-refractivity contribution in [2.24, 2.45) is 0 Å². The second-order valence-electron chi connectivity index (χ2n) is 11.7. The van der Waals surface area contributed by atoms with Crippen LogP contribution in [0.15, 0.2) is 0 Å². The summed E-state index contributed by atoms with van der Waals surface area (Å²) in [5.41, 5.74) is 0. The summed E-state index contributed by atoms with van der Waals surface area (Å²) < 4.78 is 32.6. The molecule has 1 rings (SSSR count). The lowest BCUT2D eigenvalue weighted by Crippen LogP contribution is -2.64. The first-order valence-corrected chi connectivity index (χ1v) is 17.8. The molecule has 0 aromatic carbocycles. The maximum absolute atomic E-state index is 12.5. The normalized spacial score (nSPS) is 25.7. The molecule has 0 saturated heterocycles. The van der Waals surface area contributed by atoms with Crippen molar-refractivity contribution in [3.05, 3.63) is 0 Å². The number of unbranched alkanes of at least 4 members (excludes halogenated alkanes) is 13. The predicted octanol–water partition coefficient (Wildman–Crippen LogP) is 3.43. The molecule has 1 aliphatic rings. The Kier molecular flexibility index (Phi) is 21.6. The van der Waals surface area contributed by atoms with Crippen molar-refractivity contribution in [2.45, 2.75) is 166 Å². The van der Waals surface area contributed by atoms with Gasteiger partial charge in [-0.25, -0.2) is 4.57 Å². The van der Waals surface area contributed by atoms with Gasteiger partial charge in [-0.3, -0.25) is 18.6 Å². The van der Waals surface area contributed by atoms with Crippen LogP contribution in [0.2, 0.25) is 0 Å². The van der Waals surface area contributed by atoms with Gasteiger partial charge in [-0.2, -0.15) is 0 Å². The average Bonchev–Trinajstić information content (AvgIpc) is 2.99. The number of rotatable bonds is 25. The minimum atomic E-state index is -5.07. The van der Waals surface area contributed by atoms with Crippen molar-refractivity contribution >= 4 is 19.8 Å². The van der Waals surface area contributed by atoms with Crippen molar-refractivity contribution in [1.82, 2.24) is 0 Å². The predicted molar refractivity (Wildman–Crippen MR) is 161 cm³/mol. The summed E-state index contributed by atoms with van der Waals surface area (Å²) in [5, 5.41) is 49.4. The van der Waals surface area contributed by atoms with Crippen LogP contribution in [-0.4, -0.2) is 98.3 Å². The Hall–Kier alpha value is -1.15.